The van der Waals surface area contributed by atoms with Gasteiger partial charge in [-0.3, -0.25) is 9.69 Å². The number of carbonyl (C=O) groups excluding carboxylic acids is 1. The van der Waals surface area contributed by atoms with Gasteiger partial charge < -0.3 is 10.4 Å². The third-order valence-electron chi connectivity index (χ3n) is 2.57. The van der Waals surface area contributed by atoms with Crippen LogP contribution in [0.3, 0.4) is 0 Å². The fourth-order valence-corrected chi connectivity index (χ4v) is 2.03. The van der Waals surface area contributed by atoms with E-state index in [0.29, 0.717) is 13.1 Å². The van der Waals surface area contributed by atoms with Crippen LogP contribution in [0.5, 0.6) is 0 Å². The molecule has 0 aromatic carbocycles. The molecule has 4 nitrogen and oxygen atoms in total. The molecule has 0 saturated carbocycles. The fraction of sp³-hybridized carbons (Fsp3) is 0.909. The topological polar surface area (TPSA) is 52.6 Å². The van der Waals surface area contributed by atoms with Gasteiger partial charge in [0.25, 0.3) is 0 Å². The second-order valence-electron chi connectivity index (χ2n) is 5.03. The Labute approximate surface area is 91.6 Å². The normalized spacial score (nSPS) is 28.1. The number of rotatable bonds is 3. The highest BCUT2D eigenvalue weighted by molar-refractivity contribution is 5.78. The predicted molar refractivity (Wildman–Crippen MR) is 59.6 cm³/mol. The minimum atomic E-state index is -0.629. The minimum absolute atomic E-state index is 0.0442. The zero-order valence-electron chi connectivity index (χ0n) is 9.92. The molecular formula is C11H22N2O2. The molecule has 1 aliphatic rings. The number of likely N-dealkylation sites (tertiary alicyclic amines) is 1. The molecule has 1 heterocycles. The van der Waals surface area contributed by atoms with E-state index in [0.717, 1.165) is 19.4 Å². The molecule has 4 heteroatoms. The first-order chi connectivity index (χ1) is 6.89. The molecule has 1 atom stereocenters. The van der Waals surface area contributed by atoms with Crippen LogP contribution in [0.15, 0.2) is 0 Å². The molecule has 2 N–H and O–H groups in total. The Morgan fingerprint density at radius 2 is 2.27 bits per heavy atom. The van der Waals surface area contributed by atoms with Crippen molar-refractivity contribution in [3.8, 4) is 0 Å². The van der Waals surface area contributed by atoms with Crippen LogP contribution >= 0.6 is 0 Å². The van der Waals surface area contributed by atoms with E-state index in [1.807, 2.05) is 25.7 Å². The Hall–Kier alpha value is -0.610. The van der Waals surface area contributed by atoms with Crippen molar-refractivity contribution in [1.82, 2.24) is 10.2 Å². The van der Waals surface area contributed by atoms with Crippen LogP contribution in [0.2, 0.25) is 0 Å². The smallest absolute Gasteiger partial charge is 0.234 e. The van der Waals surface area contributed by atoms with E-state index in [2.05, 4.69) is 5.32 Å². The van der Waals surface area contributed by atoms with Gasteiger partial charge in [-0.2, -0.15) is 0 Å². The van der Waals surface area contributed by atoms with E-state index in [1.54, 1.807) is 0 Å². The number of aliphatic hydroxyl groups is 1. The average molecular weight is 214 g/mol. The number of carbonyl (C=O) groups is 1. The van der Waals surface area contributed by atoms with Crippen LogP contribution in [0, 0.1) is 0 Å². The van der Waals surface area contributed by atoms with E-state index in [1.165, 1.54) is 0 Å². The Balaban J connectivity index is 2.35. The molecule has 1 saturated heterocycles. The molecule has 88 valence electrons. The average Bonchev–Trinajstić information content (AvgIpc) is 1.99. The monoisotopic (exact) mass is 214 g/mol. The summed E-state index contributed by atoms with van der Waals surface area (Å²) in [5, 5.41) is 12.7. The van der Waals surface area contributed by atoms with E-state index in [4.69, 9.17) is 0 Å². The molecule has 0 aromatic rings. The summed E-state index contributed by atoms with van der Waals surface area (Å²) in [5.74, 6) is 0.0442. The Bertz CT molecular complexity index is 227. The van der Waals surface area contributed by atoms with Gasteiger partial charge in [-0.15, -0.1) is 0 Å². The van der Waals surface area contributed by atoms with Crippen molar-refractivity contribution in [1.29, 1.82) is 0 Å². The summed E-state index contributed by atoms with van der Waals surface area (Å²) in [7, 11) is 0. The molecule has 0 bridgehead atoms. The summed E-state index contributed by atoms with van der Waals surface area (Å²) >= 11 is 0. The van der Waals surface area contributed by atoms with Gasteiger partial charge in [0.15, 0.2) is 0 Å². The summed E-state index contributed by atoms with van der Waals surface area (Å²) in [6.45, 7) is 7.63. The van der Waals surface area contributed by atoms with Crippen molar-refractivity contribution in [3.05, 3.63) is 0 Å². The zero-order chi connectivity index (χ0) is 11.5. The van der Waals surface area contributed by atoms with E-state index < -0.39 is 5.60 Å². The van der Waals surface area contributed by atoms with Crippen LogP contribution in [0.4, 0.5) is 0 Å². The quantitative estimate of drug-likeness (QED) is 0.713. The lowest BCUT2D eigenvalue weighted by atomic mass is 9.95. The SMILES string of the molecule is CC(C)NC(=O)CN1CCCC(C)(O)C1. The van der Waals surface area contributed by atoms with Gasteiger partial charge in [0, 0.05) is 12.6 Å². The molecule has 1 amide bonds. The summed E-state index contributed by atoms with van der Waals surface area (Å²) in [5.41, 5.74) is -0.629. The molecule has 1 fully saturated rings. The highest BCUT2D eigenvalue weighted by Gasteiger charge is 2.29. The number of hydrogen-bond donors (Lipinski definition) is 2. The summed E-state index contributed by atoms with van der Waals surface area (Å²) in [6, 6.07) is 0.183. The third kappa shape index (κ3) is 4.62. The lowest BCUT2D eigenvalue weighted by molar-refractivity contribution is -0.124. The van der Waals surface area contributed by atoms with Crippen molar-refractivity contribution >= 4 is 5.91 Å². The lowest BCUT2D eigenvalue weighted by Gasteiger charge is -2.36. The summed E-state index contributed by atoms with van der Waals surface area (Å²) in [4.78, 5) is 13.5. The van der Waals surface area contributed by atoms with Crippen LogP contribution in [0.1, 0.15) is 33.6 Å². The zero-order valence-corrected chi connectivity index (χ0v) is 9.92. The van der Waals surface area contributed by atoms with Crippen LogP contribution in [-0.4, -0.2) is 47.2 Å². The van der Waals surface area contributed by atoms with Gasteiger partial charge >= 0.3 is 0 Å². The Morgan fingerprint density at radius 3 is 2.80 bits per heavy atom. The molecule has 0 aliphatic carbocycles. The van der Waals surface area contributed by atoms with Crippen molar-refractivity contribution in [2.45, 2.75) is 45.3 Å². The Kier molecular flexibility index (Phi) is 4.11. The van der Waals surface area contributed by atoms with Gasteiger partial charge in [-0.25, -0.2) is 0 Å². The van der Waals surface area contributed by atoms with Crippen molar-refractivity contribution in [2.75, 3.05) is 19.6 Å². The predicted octanol–water partition coefficient (Wildman–Crippen LogP) is 0.358. The number of β-amino-alcohol motifs (C(OH)–C–C–N with tert-alkyl or cyclic N) is 1. The number of amides is 1. The van der Waals surface area contributed by atoms with Crippen LogP contribution < -0.4 is 5.32 Å². The molecular weight excluding hydrogens is 192 g/mol. The summed E-state index contributed by atoms with van der Waals surface area (Å²) < 4.78 is 0. The van der Waals surface area contributed by atoms with E-state index in [-0.39, 0.29) is 11.9 Å². The maximum Gasteiger partial charge on any atom is 0.234 e. The molecule has 1 unspecified atom stereocenters. The lowest BCUT2D eigenvalue weighted by Crippen LogP contribution is -2.50. The van der Waals surface area contributed by atoms with Gasteiger partial charge in [-0.1, -0.05) is 0 Å². The number of piperidine rings is 1. The molecule has 1 aliphatic heterocycles. The standard InChI is InChI=1S/C11H22N2O2/c1-9(2)12-10(14)7-13-6-4-5-11(3,15)8-13/h9,15H,4-8H2,1-3H3,(H,12,14). The highest BCUT2D eigenvalue weighted by atomic mass is 16.3. The van der Waals surface area contributed by atoms with Crippen LogP contribution in [0.25, 0.3) is 0 Å². The Morgan fingerprint density at radius 1 is 1.60 bits per heavy atom. The van der Waals surface area contributed by atoms with Crippen molar-refractivity contribution in [2.24, 2.45) is 0 Å². The molecule has 15 heavy (non-hydrogen) atoms. The molecule has 1 rings (SSSR count). The third-order valence-corrected chi connectivity index (χ3v) is 2.57. The molecule has 0 spiro atoms. The van der Waals surface area contributed by atoms with Crippen molar-refractivity contribution < 1.29 is 9.90 Å². The first-order valence-electron chi connectivity index (χ1n) is 5.63. The number of nitrogens with zero attached hydrogens (tertiary/aromatic N) is 1. The maximum atomic E-state index is 11.5. The summed E-state index contributed by atoms with van der Waals surface area (Å²) in [6.07, 6.45) is 1.79. The number of hydrogen-bond acceptors (Lipinski definition) is 3. The van der Waals surface area contributed by atoms with Gasteiger partial charge in [0.1, 0.15) is 0 Å². The van der Waals surface area contributed by atoms with Gasteiger partial charge in [0.2, 0.25) is 5.91 Å². The van der Waals surface area contributed by atoms with Crippen molar-refractivity contribution in [3.63, 3.8) is 0 Å². The van der Waals surface area contributed by atoms with Crippen LogP contribution in [-0.2, 0) is 4.79 Å². The van der Waals surface area contributed by atoms with E-state index in [9.17, 15) is 9.90 Å². The second-order valence-corrected chi connectivity index (χ2v) is 5.03. The van der Waals surface area contributed by atoms with Gasteiger partial charge in [0.05, 0.1) is 12.1 Å². The fourth-order valence-electron chi connectivity index (χ4n) is 2.03. The first kappa shape index (κ1) is 12.5. The largest absolute Gasteiger partial charge is 0.389 e. The minimum Gasteiger partial charge on any atom is -0.389 e. The first-order valence-corrected chi connectivity index (χ1v) is 5.63. The second kappa shape index (κ2) is 4.94. The molecule has 0 radical (unpaired) electrons. The highest BCUT2D eigenvalue weighted by Crippen LogP contribution is 2.19. The van der Waals surface area contributed by atoms with E-state index >= 15 is 0 Å². The molecule has 0 aromatic heterocycles. The number of nitrogens with one attached hydrogen (secondary N) is 1. The van der Waals surface area contributed by atoms with Gasteiger partial charge in [-0.05, 0) is 40.2 Å². The maximum absolute atomic E-state index is 11.5.